The van der Waals surface area contributed by atoms with E-state index < -0.39 is 0 Å². The molecule has 2 atom stereocenters. The van der Waals surface area contributed by atoms with Crippen LogP contribution in [0.25, 0.3) is 5.65 Å². The van der Waals surface area contributed by atoms with Crippen LogP contribution in [-0.4, -0.2) is 39.7 Å². The molecule has 0 bridgehead atoms. The number of hydrogen-bond donors (Lipinski definition) is 0. The Hall–Kier alpha value is -1.14. The van der Waals surface area contributed by atoms with Crippen LogP contribution in [0.5, 0.6) is 0 Å². The van der Waals surface area contributed by atoms with Gasteiger partial charge < -0.3 is 14.0 Å². The highest BCUT2D eigenvalue weighted by Crippen LogP contribution is 2.24. The molecular weight excluding hydrogens is 296 g/mol. The third kappa shape index (κ3) is 2.10. The predicted molar refractivity (Wildman–Crippen MR) is 72.9 cm³/mol. The maximum Gasteiger partial charge on any atom is 0.180 e. The van der Waals surface area contributed by atoms with Crippen LogP contribution >= 0.6 is 15.9 Å². The second kappa shape index (κ2) is 4.51. The van der Waals surface area contributed by atoms with Crippen molar-refractivity contribution in [1.82, 2.24) is 14.4 Å². The van der Waals surface area contributed by atoms with Crippen molar-refractivity contribution in [3.05, 3.63) is 23.2 Å². The van der Waals surface area contributed by atoms with E-state index in [1.54, 1.807) is 6.20 Å². The standard InChI is InChI=1S/C12H15BrN4O/c1-8-5-17(6-9(2)18-8)12-11-14-3-4-16(11)7-10(13)15-12/h3-4,7-9H,5-6H2,1-2H3/t8-,9+. The minimum atomic E-state index is 0.213. The van der Waals surface area contributed by atoms with Gasteiger partial charge in [-0.05, 0) is 29.8 Å². The minimum Gasteiger partial charge on any atom is -0.372 e. The van der Waals surface area contributed by atoms with E-state index in [2.05, 4.69) is 44.6 Å². The summed E-state index contributed by atoms with van der Waals surface area (Å²) in [4.78, 5) is 11.2. The average molecular weight is 311 g/mol. The molecule has 0 amide bonds. The summed E-state index contributed by atoms with van der Waals surface area (Å²) in [5, 5.41) is 0. The first-order chi connectivity index (χ1) is 8.63. The summed E-state index contributed by atoms with van der Waals surface area (Å²) in [6.07, 6.45) is 6.06. The second-order valence-electron chi connectivity index (χ2n) is 4.71. The van der Waals surface area contributed by atoms with Crippen molar-refractivity contribution >= 4 is 27.4 Å². The van der Waals surface area contributed by atoms with Crippen molar-refractivity contribution in [2.45, 2.75) is 26.1 Å². The van der Waals surface area contributed by atoms with Crippen LogP contribution in [0.2, 0.25) is 0 Å². The van der Waals surface area contributed by atoms with E-state index in [1.165, 1.54) is 0 Å². The first-order valence-corrected chi connectivity index (χ1v) is 6.82. The number of halogens is 1. The molecule has 5 nitrogen and oxygen atoms in total. The SMILES string of the molecule is C[C@@H]1CN(c2nc(Br)cn3ccnc23)C[C@H](C)O1. The molecule has 0 spiro atoms. The van der Waals surface area contributed by atoms with Crippen LogP contribution in [-0.2, 0) is 4.74 Å². The zero-order valence-corrected chi connectivity index (χ0v) is 12.0. The number of nitrogens with zero attached hydrogens (tertiary/aromatic N) is 4. The van der Waals surface area contributed by atoms with Gasteiger partial charge in [0.05, 0.1) is 12.2 Å². The highest BCUT2D eigenvalue weighted by atomic mass is 79.9. The van der Waals surface area contributed by atoms with Gasteiger partial charge in [0, 0.05) is 31.7 Å². The van der Waals surface area contributed by atoms with Crippen LogP contribution in [0.3, 0.4) is 0 Å². The van der Waals surface area contributed by atoms with Crippen LogP contribution in [0.1, 0.15) is 13.8 Å². The van der Waals surface area contributed by atoms with Crippen molar-refractivity contribution in [1.29, 1.82) is 0 Å². The van der Waals surface area contributed by atoms with Gasteiger partial charge >= 0.3 is 0 Å². The Morgan fingerprint density at radius 3 is 2.78 bits per heavy atom. The molecule has 0 unspecified atom stereocenters. The number of imidazole rings is 1. The van der Waals surface area contributed by atoms with E-state index in [-0.39, 0.29) is 12.2 Å². The normalized spacial score (nSPS) is 24.7. The first-order valence-electron chi connectivity index (χ1n) is 6.03. The van der Waals surface area contributed by atoms with Crippen molar-refractivity contribution in [3.63, 3.8) is 0 Å². The van der Waals surface area contributed by atoms with Crippen LogP contribution in [0.15, 0.2) is 23.2 Å². The maximum absolute atomic E-state index is 5.75. The van der Waals surface area contributed by atoms with E-state index in [9.17, 15) is 0 Å². The number of rotatable bonds is 1. The highest BCUT2D eigenvalue weighted by Gasteiger charge is 2.25. The molecule has 0 radical (unpaired) electrons. The van der Waals surface area contributed by atoms with Gasteiger partial charge in [0.2, 0.25) is 0 Å². The van der Waals surface area contributed by atoms with Gasteiger partial charge in [0.1, 0.15) is 4.60 Å². The predicted octanol–water partition coefficient (Wildman–Crippen LogP) is 2.11. The molecule has 18 heavy (non-hydrogen) atoms. The summed E-state index contributed by atoms with van der Waals surface area (Å²) < 4.78 is 8.55. The molecule has 2 aromatic rings. The molecular formula is C12H15BrN4O. The lowest BCUT2D eigenvalue weighted by molar-refractivity contribution is -0.00540. The summed E-state index contributed by atoms with van der Waals surface area (Å²) in [5.74, 6) is 0.913. The lowest BCUT2D eigenvalue weighted by Crippen LogP contribution is -2.46. The van der Waals surface area contributed by atoms with Gasteiger partial charge in [-0.15, -0.1) is 0 Å². The fraction of sp³-hybridized carbons (Fsp3) is 0.500. The molecule has 1 saturated heterocycles. The number of aromatic nitrogens is 3. The summed E-state index contributed by atoms with van der Waals surface area (Å²) >= 11 is 3.45. The first kappa shape index (κ1) is 11.9. The van der Waals surface area contributed by atoms with Crippen LogP contribution in [0, 0.1) is 0 Å². The Morgan fingerprint density at radius 1 is 1.33 bits per heavy atom. The topological polar surface area (TPSA) is 42.7 Å². The van der Waals surface area contributed by atoms with Crippen molar-refractivity contribution < 1.29 is 4.74 Å². The van der Waals surface area contributed by atoms with E-state index in [4.69, 9.17) is 4.74 Å². The van der Waals surface area contributed by atoms with Gasteiger partial charge in [-0.3, -0.25) is 0 Å². The fourth-order valence-electron chi connectivity index (χ4n) is 2.45. The molecule has 0 aromatic carbocycles. The lowest BCUT2D eigenvalue weighted by atomic mass is 10.2. The van der Waals surface area contributed by atoms with Crippen LogP contribution < -0.4 is 4.90 Å². The highest BCUT2D eigenvalue weighted by molar-refractivity contribution is 9.10. The van der Waals surface area contributed by atoms with Gasteiger partial charge in [-0.25, -0.2) is 9.97 Å². The van der Waals surface area contributed by atoms with E-state index in [0.29, 0.717) is 0 Å². The largest absolute Gasteiger partial charge is 0.372 e. The number of ether oxygens (including phenoxy) is 1. The number of hydrogen-bond acceptors (Lipinski definition) is 4. The smallest absolute Gasteiger partial charge is 0.180 e. The Morgan fingerprint density at radius 2 is 2.06 bits per heavy atom. The van der Waals surface area contributed by atoms with E-state index >= 15 is 0 Å². The number of anilines is 1. The molecule has 0 N–H and O–H groups in total. The Bertz CT molecular complexity index is 560. The minimum absolute atomic E-state index is 0.213. The second-order valence-corrected chi connectivity index (χ2v) is 5.52. The fourth-order valence-corrected chi connectivity index (χ4v) is 2.84. The quantitative estimate of drug-likeness (QED) is 0.809. The molecule has 96 valence electrons. The Balaban J connectivity index is 2.05. The zero-order valence-electron chi connectivity index (χ0n) is 10.4. The molecule has 3 heterocycles. The molecule has 2 aromatic heterocycles. The van der Waals surface area contributed by atoms with Crippen molar-refractivity contribution in [2.75, 3.05) is 18.0 Å². The molecule has 6 heteroatoms. The molecule has 0 aliphatic carbocycles. The van der Waals surface area contributed by atoms with Crippen LogP contribution in [0.4, 0.5) is 5.82 Å². The van der Waals surface area contributed by atoms with Gasteiger partial charge in [-0.1, -0.05) is 0 Å². The molecule has 3 rings (SSSR count). The molecule has 1 aliphatic heterocycles. The summed E-state index contributed by atoms with van der Waals surface area (Å²) in [7, 11) is 0. The van der Waals surface area contributed by atoms with E-state index in [1.807, 2.05) is 16.8 Å². The third-order valence-electron chi connectivity index (χ3n) is 3.05. The Labute approximate surface area is 114 Å². The molecule has 1 aliphatic rings. The monoisotopic (exact) mass is 310 g/mol. The average Bonchev–Trinajstić information content (AvgIpc) is 2.74. The number of fused-ring (bicyclic) bond motifs is 1. The van der Waals surface area contributed by atoms with Gasteiger partial charge in [-0.2, -0.15) is 0 Å². The van der Waals surface area contributed by atoms with E-state index in [0.717, 1.165) is 29.2 Å². The summed E-state index contributed by atoms with van der Waals surface area (Å²) in [6.45, 7) is 5.86. The maximum atomic E-state index is 5.75. The van der Waals surface area contributed by atoms with Crippen molar-refractivity contribution in [2.24, 2.45) is 0 Å². The van der Waals surface area contributed by atoms with Gasteiger partial charge in [0.15, 0.2) is 11.5 Å². The zero-order chi connectivity index (χ0) is 12.7. The Kier molecular flexibility index (Phi) is 2.99. The summed E-state index contributed by atoms with van der Waals surface area (Å²) in [5.41, 5.74) is 0.888. The number of morpholine rings is 1. The van der Waals surface area contributed by atoms with Crippen molar-refractivity contribution in [3.8, 4) is 0 Å². The summed E-state index contributed by atoms with van der Waals surface area (Å²) in [6, 6.07) is 0. The lowest BCUT2D eigenvalue weighted by Gasteiger charge is -2.36. The van der Waals surface area contributed by atoms with Gasteiger partial charge in [0.25, 0.3) is 0 Å². The molecule has 1 fully saturated rings. The third-order valence-corrected chi connectivity index (χ3v) is 3.43. The molecule has 0 saturated carbocycles.